The van der Waals surface area contributed by atoms with Gasteiger partial charge in [0.15, 0.2) is 0 Å². The van der Waals surface area contributed by atoms with E-state index in [1.54, 1.807) is 0 Å². The molecule has 116 valence electrons. The first-order valence-corrected chi connectivity index (χ1v) is 8.30. The molecule has 5 heteroatoms. The van der Waals surface area contributed by atoms with E-state index in [-0.39, 0.29) is 23.7 Å². The maximum atomic E-state index is 12.2. The second kappa shape index (κ2) is 10.1. The van der Waals surface area contributed by atoms with Gasteiger partial charge in [0, 0.05) is 6.54 Å². The van der Waals surface area contributed by atoms with Gasteiger partial charge in [0.25, 0.3) is 0 Å². The molecule has 1 saturated carbocycles. The highest BCUT2D eigenvalue weighted by molar-refractivity contribution is 7.80. The third kappa shape index (κ3) is 5.73. The van der Waals surface area contributed by atoms with Crippen LogP contribution in [0.2, 0.25) is 0 Å². The van der Waals surface area contributed by atoms with Gasteiger partial charge >= 0.3 is 5.97 Å². The van der Waals surface area contributed by atoms with Crippen molar-refractivity contribution >= 4 is 24.5 Å². The lowest BCUT2D eigenvalue weighted by Gasteiger charge is -2.28. The summed E-state index contributed by atoms with van der Waals surface area (Å²) in [5, 5.41) is 2.97. The number of carbonyl (C=O) groups excluding carboxylic acids is 2. The number of nitrogens with one attached hydrogen (secondary N) is 1. The summed E-state index contributed by atoms with van der Waals surface area (Å²) in [6, 6.07) is 0. The molecule has 0 heterocycles. The Morgan fingerprint density at radius 1 is 1.10 bits per heavy atom. The molecular weight excluding hydrogens is 274 g/mol. The highest BCUT2D eigenvalue weighted by Gasteiger charge is 2.36. The van der Waals surface area contributed by atoms with Crippen LogP contribution in [0, 0.1) is 11.8 Å². The van der Waals surface area contributed by atoms with Gasteiger partial charge < -0.3 is 10.1 Å². The summed E-state index contributed by atoms with van der Waals surface area (Å²) < 4.78 is 4.81. The molecule has 4 nitrogen and oxygen atoms in total. The molecule has 0 aliphatic heterocycles. The summed E-state index contributed by atoms with van der Waals surface area (Å²) in [7, 11) is 1.40. The third-order valence-electron chi connectivity index (χ3n) is 3.99. The van der Waals surface area contributed by atoms with Crippen molar-refractivity contribution in [2.24, 2.45) is 11.8 Å². The van der Waals surface area contributed by atoms with Gasteiger partial charge in [0.05, 0.1) is 18.9 Å². The minimum atomic E-state index is -0.252. The van der Waals surface area contributed by atoms with E-state index in [9.17, 15) is 9.59 Å². The van der Waals surface area contributed by atoms with Gasteiger partial charge in [-0.05, 0) is 31.4 Å². The molecule has 2 unspecified atom stereocenters. The van der Waals surface area contributed by atoms with Gasteiger partial charge in [0.2, 0.25) is 5.91 Å². The molecule has 1 rings (SSSR count). The number of esters is 1. The fourth-order valence-electron chi connectivity index (χ4n) is 2.81. The van der Waals surface area contributed by atoms with E-state index < -0.39 is 0 Å². The van der Waals surface area contributed by atoms with Gasteiger partial charge in [-0.2, -0.15) is 12.6 Å². The van der Waals surface area contributed by atoms with Gasteiger partial charge in [-0.15, -0.1) is 0 Å². The van der Waals surface area contributed by atoms with Crippen LogP contribution in [0.5, 0.6) is 0 Å². The zero-order chi connectivity index (χ0) is 14.8. The normalized spacial score (nSPS) is 22.3. The average Bonchev–Trinajstić information content (AvgIpc) is 2.49. The van der Waals surface area contributed by atoms with Gasteiger partial charge in [0.1, 0.15) is 0 Å². The van der Waals surface area contributed by atoms with Crippen molar-refractivity contribution in [3.8, 4) is 0 Å². The smallest absolute Gasteiger partial charge is 0.309 e. The summed E-state index contributed by atoms with van der Waals surface area (Å²) in [5.74, 6) is 0.259. The summed E-state index contributed by atoms with van der Waals surface area (Å²) >= 11 is 4.17. The second-order valence-electron chi connectivity index (χ2n) is 5.45. The maximum absolute atomic E-state index is 12.2. The summed E-state index contributed by atoms with van der Waals surface area (Å²) in [5.41, 5.74) is 0. The largest absolute Gasteiger partial charge is 0.469 e. The van der Waals surface area contributed by atoms with Crippen molar-refractivity contribution in [2.45, 2.75) is 51.4 Å². The van der Waals surface area contributed by atoms with Gasteiger partial charge in [-0.3, -0.25) is 9.59 Å². The number of amides is 1. The molecule has 0 radical (unpaired) electrons. The molecule has 0 saturated heterocycles. The van der Waals surface area contributed by atoms with Crippen molar-refractivity contribution in [1.29, 1.82) is 0 Å². The van der Waals surface area contributed by atoms with Crippen molar-refractivity contribution < 1.29 is 14.3 Å². The molecule has 0 aromatic heterocycles. The van der Waals surface area contributed by atoms with E-state index in [0.29, 0.717) is 6.54 Å². The molecule has 0 spiro atoms. The number of carbonyl (C=O) groups is 2. The number of rotatable bonds is 8. The minimum absolute atomic E-state index is 0.0225. The summed E-state index contributed by atoms with van der Waals surface area (Å²) in [4.78, 5) is 23.9. The van der Waals surface area contributed by atoms with Crippen molar-refractivity contribution in [2.75, 3.05) is 19.4 Å². The lowest BCUT2D eigenvalue weighted by molar-refractivity contribution is -0.152. The Morgan fingerprint density at radius 3 is 2.40 bits per heavy atom. The Hall–Kier alpha value is -0.710. The molecule has 0 bridgehead atoms. The Labute approximate surface area is 127 Å². The summed E-state index contributed by atoms with van der Waals surface area (Å²) in [6.45, 7) is 0.704. The minimum Gasteiger partial charge on any atom is -0.469 e. The van der Waals surface area contributed by atoms with Crippen LogP contribution in [0.1, 0.15) is 51.4 Å². The van der Waals surface area contributed by atoms with E-state index in [1.807, 2.05) is 0 Å². The van der Waals surface area contributed by atoms with Crippen LogP contribution >= 0.6 is 12.6 Å². The molecule has 0 aromatic carbocycles. The Kier molecular flexibility index (Phi) is 8.74. The Bertz CT molecular complexity index is 309. The van der Waals surface area contributed by atoms with E-state index in [2.05, 4.69) is 17.9 Å². The predicted molar refractivity (Wildman–Crippen MR) is 82.8 cm³/mol. The van der Waals surface area contributed by atoms with Crippen LogP contribution in [0.3, 0.4) is 0 Å². The molecule has 1 fully saturated rings. The first-order valence-electron chi connectivity index (χ1n) is 7.67. The lowest BCUT2D eigenvalue weighted by atomic mass is 9.78. The highest BCUT2D eigenvalue weighted by Crippen LogP contribution is 2.31. The molecular formula is C15H27NO3S. The van der Waals surface area contributed by atoms with Crippen LogP contribution in [0.4, 0.5) is 0 Å². The van der Waals surface area contributed by atoms with Crippen LogP contribution in [-0.4, -0.2) is 31.3 Å². The monoisotopic (exact) mass is 301 g/mol. The fourth-order valence-corrected chi connectivity index (χ4v) is 3.03. The fraction of sp³-hybridized carbons (Fsp3) is 0.867. The van der Waals surface area contributed by atoms with Crippen LogP contribution in [0.15, 0.2) is 0 Å². The molecule has 0 aromatic rings. The molecule has 1 N–H and O–H groups in total. The molecule has 1 amide bonds. The van der Waals surface area contributed by atoms with Crippen molar-refractivity contribution in [3.63, 3.8) is 0 Å². The number of hydrogen-bond donors (Lipinski definition) is 2. The SMILES string of the molecule is COC(=O)C1CCCCC1C(=O)NCCCCCCS. The van der Waals surface area contributed by atoms with Crippen LogP contribution < -0.4 is 5.32 Å². The molecule has 2 atom stereocenters. The molecule has 20 heavy (non-hydrogen) atoms. The Morgan fingerprint density at radius 2 is 1.75 bits per heavy atom. The molecule has 1 aliphatic carbocycles. The van der Waals surface area contributed by atoms with Crippen molar-refractivity contribution in [1.82, 2.24) is 5.32 Å². The second-order valence-corrected chi connectivity index (χ2v) is 5.90. The van der Waals surface area contributed by atoms with Gasteiger partial charge in [-0.1, -0.05) is 25.7 Å². The first kappa shape index (κ1) is 17.3. The summed E-state index contributed by atoms with van der Waals surface area (Å²) in [6.07, 6.45) is 8.00. The van der Waals surface area contributed by atoms with E-state index >= 15 is 0 Å². The zero-order valence-corrected chi connectivity index (χ0v) is 13.3. The Balaban J connectivity index is 2.30. The van der Waals surface area contributed by atoms with Gasteiger partial charge in [-0.25, -0.2) is 0 Å². The topological polar surface area (TPSA) is 55.4 Å². The highest BCUT2D eigenvalue weighted by atomic mass is 32.1. The lowest BCUT2D eigenvalue weighted by Crippen LogP contribution is -2.40. The van der Waals surface area contributed by atoms with Crippen LogP contribution in [-0.2, 0) is 14.3 Å². The van der Waals surface area contributed by atoms with E-state index in [0.717, 1.165) is 57.1 Å². The van der Waals surface area contributed by atoms with Crippen molar-refractivity contribution in [3.05, 3.63) is 0 Å². The number of hydrogen-bond acceptors (Lipinski definition) is 4. The zero-order valence-electron chi connectivity index (χ0n) is 12.4. The number of thiol groups is 1. The average molecular weight is 301 g/mol. The first-order chi connectivity index (χ1) is 9.70. The predicted octanol–water partition coefficient (Wildman–Crippen LogP) is 2.57. The maximum Gasteiger partial charge on any atom is 0.309 e. The third-order valence-corrected chi connectivity index (χ3v) is 4.31. The van der Waals surface area contributed by atoms with Crippen LogP contribution in [0.25, 0.3) is 0 Å². The van der Waals surface area contributed by atoms with E-state index in [1.165, 1.54) is 7.11 Å². The number of unbranched alkanes of at least 4 members (excludes halogenated alkanes) is 3. The van der Waals surface area contributed by atoms with E-state index in [4.69, 9.17) is 4.74 Å². The quantitative estimate of drug-likeness (QED) is 0.411. The standard InChI is InChI=1S/C15H27NO3S/c1-19-15(18)13-9-5-4-8-12(13)14(17)16-10-6-2-3-7-11-20/h12-13,20H,2-11H2,1H3,(H,16,17). The molecule has 1 aliphatic rings. The number of methoxy groups -OCH3 is 1. The number of ether oxygens (including phenoxy) is 1.